The van der Waals surface area contributed by atoms with Crippen molar-refractivity contribution >= 4 is 39.8 Å². The van der Waals surface area contributed by atoms with Crippen molar-refractivity contribution in [2.75, 3.05) is 20.1 Å². The Kier molecular flexibility index (Phi) is 4.93. The van der Waals surface area contributed by atoms with Crippen LogP contribution in [0, 0.1) is 0 Å². The van der Waals surface area contributed by atoms with Gasteiger partial charge in [-0.1, -0.05) is 22.9 Å². The molecule has 1 aliphatic heterocycles. The molecule has 6 nitrogen and oxygen atoms in total. The highest BCUT2D eigenvalue weighted by Crippen LogP contribution is 2.64. The van der Waals surface area contributed by atoms with Crippen molar-refractivity contribution in [2.45, 2.75) is 0 Å². The first-order valence-corrected chi connectivity index (χ1v) is 9.97. The molecule has 1 aromatic carbocycles. The van der Waals surface area contributed by atoms with Gasteiger partial charge in [-0.05, 0) is 12.1 Å². The lowest BCUT2D eigenvalue weighted by Crippen LogP contribution is -2.28. The van der Waals surface area contributed by atoms with E-state index < -0.39 is 6.80 Å². The van der Waals surface area contributed by atoms with Crippen molar-refractivity contribution in [3.8, 4) is 0 Å². The van der Waals surface area contributed by atoms with Crippen LogP contribution in [0.25, 0.3) is 0 Å². The number of imide groups is 1. The molecule has 0 unspecified atom stereocenters. The van der Waals surface area contributed by atoms with Gasteiger partial charge in [-0.15, -0.1) is 0 Å². The van der Waals surface area contributed by atoms with E-state index in [9.17, 15) is 14.2 Å². The minimum Gasteiger partial charge on any atom is -0.304 e. The molecule has 1 heterocycles. The van der Waals surface area contributed by atoms with E-state index in [4.69, 9.17) is 9.05 Å². The second-order valence-electron chi connectivity index (χ2n) is 3.72. The molecule has 0 aromatic heterocycles. The van der Waals surface area contributed by atoms with Crippen LogP contribution in [0.15, 0.2) is 24.3 Å². The summed E-state index contributed by atoms with van der Waals surface area (Å²) >= 11 is 0. The second-order valence-corrected chi connectivity index (χ2v) is 9.82. The van der Waals surface area contributed by atoms with E-state index in [-0.39, 0.29) is 17.7 Å². The quantitative estimate of drug-likeness (QED) is 0.450. The van der Waals surface area contributed by atoms with E-state index in [0.717, 1.165) is 26.1 Å². The Balaban J connectivity index is 2.01. The topological polar surface area (TPSA) is 72.9 Å². The Morgan fingerprint density at radius 2 is 1.60 bits per heavy atom. The normalized spacial score (nSPS) is 14.8. The van der Waals surface area contributed by atoms with Gasteiger partial charge < -0.3 is 9.05 Å². The van der Waals surface area contributed by atoms with Gasteiger partial charge >= 0.3 is 6.80 Å². The fraction of sp³-hybridized carbons (Fsp3) is 0.273. The standard InChI is InChI=1S/C11H12NO5PS2/c1-16-18(15,17-2)20-19-7-12-10(13)8-5-3-4-6-9(8)11(12)14/h3-6H,7H2,1-2H3. The fourth-order valence-corrected chi connectivity index (χ4v) is 6.31. The predicted octanol–water partition coefficient (Wildman–Crippen LogP) is 3.02. The van der Waals surface area contributed by atoms with Crippen LogP contribution in [-0.2, 0) is 13.6 Å². The highest BCUT2D eigenvalue weighted by atomic mass is 33.3. The smallest absolute Gasteiger partial charge is 0.304 e. The summed E-state index contributed by atoms with van der Waals surface area (Å²) in [5.74, 6) is -0.611. The van der Waals surface area contributed by atoms with Crippen molar-refractivity contribution in [1.29, 1.82) is 0 Å². The maximum Gasteiger partial charge on any atom is 0.399 e. The first kappa shape index (κ1) is 15.6. The Morgan fingerprint density at radius 1 is 1.10 bits per heavy atom. The molecule has 0 bridgehead atoms. The Labute approximate surface area is 123 Å². The van der Waals surface area contributed by atoms with Gasteiger partial charge in [0.1, 0.15) is 0 Å². The molecular formula is C11H12NO5PS2. The summed E-state index contributed by atoms with van der Waals surface area (Å²) in [4.78, 5) is 25.2. The lowest BCUT2D eigenvalue weighted by molar-refractivity contribution is 0.0684. The molecule has 2 rings (SSSR count). The first-order chi connectivity index (χ1) is 9.52. The molecule has 0 aliphatic carbocycles. The number of amides is 2. The van der Waals surface area contributed by atoms with Gasteiger partial charge in [0.05, 0.1) is 17.0 Å². The molecule has 0 fully saturated rings. The second kappa shape index (κ2) is 6.32. The molecule has 1 aromatic rings. The maximum absolute atomic E-state index is 12.1. The van der Waals surface area contributed by atoms with E-state index in [0.29, 0.717) is 11.1 Å². The summed E-state index contributed by atoms with van der Waals surface area (Å²) in [6.45, 7) is -3.22. The largest absolute Gasteiger partial charge is 0.399 e. The molecule has 2 amide bonds. The number of hydrogen-bond donors (Lipinski definition) is 0. The predicted molar refractivity (Wildman–Crippen MR) is 78.6 cm³/mol. The Bertz CT molecular complexity index is 551. The van der Waals surface area contributed by atoms with Crippen LogP contribution in [0.4, 0.5) is 0 Å². The summed E-state index contributed by atoms with van der Waals surface area (Å²) < 4.78 is 21.3. The highest BCUT2D eigenvalue weighted by molar-refractivity contribution is 8.98. The van der Waals surface area contributed by atoms with Crippen molar-refractivity contribution in [2.24, 2.45) is 0 Å². The van der Waals surface area contributed by atoms with Gasteiger partial charge in [-0.25, -0.2) is 4.57 Å². The molecule has 0 atom stereocenters. The molecule has 9 heteroatoms. The Hall–Kier alpha value is -0.790. The molecule has 0 radical (unpaired) electrons. The molecule has 0 saturated heterocycles. The fourth-order valence-electron chi connectivity index (χ4n) is 1.63. The zero-order chi connectivity index (χ0) is 14.8. The summed E-state index contributed by atoms with van der Waals surface area (Å²) in [6.07, 6.45) is 0. The van der Waals surface area contributed by atoms with E-state index in [1.165, 1.54) is 14.2 Å². The maximum atomic E-state index is 12.1. The van der Waals surface area contributed by atoms with Crippen LogP contribution in [0.2, 0.25) is 0 Å². The average Bonchev–Trinajstić information content (AvgIpc) is 2.72. The molecule has 0 saturated carbocycles. The van der Waals surface area contributed by atoms with E-state index in [1.807, 2.05) is 0 Å². The zero-order valence-electron chi connectivity index (χ0n) is 10.8. The van der Waals surface area contributed by atoms with E-state index >= 15 is 0 Å². The van der Waals surface area contributed by atoms with Gasteiger partial charge in [0.15, 0.2) is 0 Å². The third-order valence-electron chi connectivity index (χ3n) is 2.65. The minimum absolute atomic E-state index is 0.0771. The van der Waals surface area contributed by atoms with Crippen LogP contribution in [0.3, 0.4) is 0 Å². The van der Waals surface area contributed by atoms with Gasteiger partial charge in [-0.2, -0.15) is 0 Å². The van der Waals surface area contributed by atoms with E-state index in [1.54, 1.807) is 24.3 Å². The number of carbonyl (C=O) groups is 2. The average molecular weight is 333 g/mol. The summed E-state index contributed by atoms with van der Waals surface area (Å²) in [6, 6.07) is 6.64. The minimum atomic E-state index is -3.22. The van der Waals surface area contributed by atoms with Gasteiger partial charge in [0, 0.05) is 24.6 Å². The third kappa shape index (κ3) is 2.94. The summed E-state index contributed by atoms with van der Waals surface area (Å²) in [5.41, 5.74) is 0.787. The van der Waals surface area contributed by atoms with Crippen LogP contribution < -0.4 is 0 Å². The number of hydrogen-bond acceptors (Lipinski definition) is 7. The number of carbonyl (C=O) groups excluding carboxylic acids is 2. The van der Waals surface area contributed by atoms with Crippen LogP contribution >= 0.6 is 28.0 Å². The molecule has 1 aliphatic rings. The van der Waals surface area contributed by atoms with Crippen molar-refractivity contribution in [3.05, 3.63) is 35.4 Å². The lowest BCUT2D eigenvalue weighted by Gasteiger charge is -2.15. The molecule has 0 N–H and O–H groups in total. The monoisotopic (exact) mass is 333 g/mol. The SMILES string of the molecule is COP(=O)(OC)SSCN1C(=O)c2ccccc2C1=O. The molecule has 20 heavy (non-hydrogen) atoms. The summed E-state index contributed by atoms with van der Waals surface area (Å²) in [5, 5.41) is 0. The van der Waals surface area contributed by atoms with Gasteiger partial charge in [0.2, 0.25) is 0 Å². The number of fused-ring (bicyclic) bond motifs is 1. The van der Waals surface area contributed by atoms with Crippen LogP contribution in [0.1, 0.15) is 20.7 Å². The zero-order valence-corrected chi connectivity index (χ0v) is 13.3. The van der Waals surface area contributed by atoms with Crippen LogP contribution in [0.5, 0.6) is 0 Å². The third-order valence-corrected chi connectivity index (χ3v) is 8.86. The number of nitrogens with zero attached hydrogens (tertiary/aromatic N) is 1. The first-order valence-electron chi connectivity index (χ1n) is 5.50. The lowest BCUT2D eigenvalue weighted by atomic mass is 10.1. The van der Waals surface area contributed by atoms with Crippen LogP contribution in [-0.4, -0.2) is 36.8 Å². The van der Waals surface area contributed by atoms with Crippen molar-refractivity contribution in [1.82, 2.24) is 4.90 Å². The number of rotatable bonds is 6. The van der Waals surface area contributed by atoms with Crippen molar-refractivity contribution < 1.29 is 23.2 Å². The number of benzene rings is 1. The molecule has 0 spiro atoms. The van der Waals surface area contributed by atoms with Gasteiger partial charge in [0.25, 0.3) is 11.8 Å². The van der Waals surface area contributed by atoms with Crippen molar-refractivity contribution in [3.63, 3.8) is 0 Å². The molecular weight excluding hydrogens is 321 g/mol. The highest BCUT2D eigenvalue weighted by Gasteiger charge is 2.35. The molecule has 108 valence electrons. The summed E-state index contributed by atoms with van der Waals surface area (Å²) in [7, 11) is 4.50. The Morgan fingerprint density at radius 3 is 2.05 bits per heavy atom. The van der Waals surface area contributed by atoms with E-state index in [2.05, 4.69) is 0 Å². The van der Waals surface area contributed by atoms with Gasteiger partial charge in [-0.3, -0.25) is 14.5 Å².